The van der Waals surface area contributed by atoms with Crippen molar-refractivity contribution >= 4 is 12.0 Å². The number of ether oxygens (including phenoxy) is 2. The van der Waals surface area contributed by atoms with Gasteiger partial charge in [0.2, 0.25) is 5.91 Å². The van der Waals surface area contributed by atoms with Crippen molar-refractivity contribution in [2.24, 2.45) is 0 Å². The first-order valence-corrected chi connectivity index (χ1v) is 7.24. The Hall–Kier alpha value is -2.82. The standard InChI is InChI=1S/C18H20N2O3/c1-13(15-5-4-8-19-12-15)20-18(21)7-6-14-9-16(22-2)11-17(10-14)23-3/h4-13H,1-3H3,(H,20,21)/b7-6+. The van der Waals surface area contributed by atoms with Crippen LogP contribution < -0.4 is 14.8 Å². The summed E-state index contributed by atoms with van der Waals surface area (Å²) in [7, 11) is 3.18. The number of amides is 1. The molecule has 1 N–H and O–H groups in total. The molecule has 2 rings (SSSR count). The number of carbonyl (C=O) groups is 1. The molecule has 0 saturated carbocycles. The van der Waals surface area contributed by atoms with Gasteiger partial charge in [-0.3, -0.25) is 9.78 Å². The first-order valence-electron chi connectivity index (χ1n) is 7.24. The molecule has 0 aliphatic rings. The van der Waals surface area contributed by atoms with E-state index in [4.69, 9.17) is 9.47 Å². The summed E-state index contributed by atoms with van der Waals surface area (Å²) in [6.45, 7) is 1.91. The molecule has 1 heterocycles. The Labute approximate surface area is 136 Å². The van der Waals surface area contributed by atoms with Gasteiger partial charge >= 0.3 is 0 Å². The number of pyridine rings is 1. The molecule has 0 aliphatic carbocycles. The minimum absolute atomic E-state index is 0.110. The van der Waals surface area contributed by atoms with Crippen LogP contribution in [0.5, 0.6) is 11.5 Å². The summed E-state index contributed by atoms with van der Waals surface area (Å²) in [5.41, 5.74) is 1.78. The van der Waals surface area contributed by atoms with Crippen molar-refractivity contribution in [3.05, 3.63) is 59.9 Å². The minimum atomic E-state index is -0.178. The first kappa shape index (κ1) is 16.5. The van der Waals surface area contributed by atoms with Gasteiger partial charge in [0.15, 0.2) is 0 Å². The fraction of sp³-hybridized carbons (Fsp3) is 0.222. The van der Waals surface area contributed by atoms with Crippen LogP contribution >= 0.6 is 0 Å². The number of hydrogen-bond acceptors (Lipinski definition) is 4. The number of benzene rings is 1. The second kappa shape index (κ2) is 7.98. The van der Waals surface area contributed by atoms with Crippen molar-refractivity contribution in [1.82, 2.24) is 10.3 Å². The number of rotatable bonds is 6. The highest BCUT2D eigenvalue weighted by atomic mass is 16.5. The number of hydrogen-bond donors (Lipinski definition) is 1. The van der Waals surface area contributed by atoms with E-state index in [0.717, 1.165) is 11.1 Å². The molecule has 5 heteroatoms. The van der Waals surface area contributed by atoms with Gasteiger partial charge in [-0.1, -0.05) is 6.07 Å². The van der Waals surface area contributed by atoms with Crippen molar-refractivity contribution < 1.29 is 14.3 Å². The molecule has 23 heavy (non-hydrogen) atoms. The highest BCUT2D eigenvalue weighted by molar-refractivity contribution is 5.92. The molecule has 1 atom stereocenters. The van der Waals surface area contributed by atoms with Gasteiger partial charge in [-0.15, -0.1) is 0 Å². The fourth-order valence-corrected chi connectivity index (χ4v) is 2.07. The lowest BCUT2D eigenvalue weighted by Gasteiger charge is -2.12. The molecule has 0 fully saturated rings. The van der Waals surface area contributed by atoms with Crippen LogP contribution in [0.15, 0.2) is 48.8 Å². The van der Waals surface area contributed by atoms with Gasteiger partial charge in [0.25, 0.3) is 0 Å². The Kier molecular flexibility index (Phi) is 5.74. The number of nitrogens with one attached hydrogen (secondary N) is 1. The van der Waals surface area contributed by atoms with Crippen LogP contribution in [0.3, 0.4) is 0 Å². The third-order valence-corrected chi connectivity index (χ3v) is 3.34. The highest BCUT2D eigenvalue weighted by Crippen LogP contribution is 2.23. The van der Waals surface area contributed by atoms with E-state index in [0.29, 0.717) is 11.5 Å². The number of nitrogens with zero attached hydrogens (tertiary/aromatic N) is 1. The highest BCUT2D eigenvalue weighted by Gasteiger charge is 2.07. The zero-order chi connectivity index (χ0) is 16.7. The smallest absolute Gasteiger partial charge is 0.244 e. The first-order chi connectivity index (χ1) is 11.1. The number of aromatic nitrogens is 1. The lowest BCUT2D eigenvalue weighted by Crippen LogP contribution is -2.24. The summed E-state index contributed by atoms with van der Waals surface area (Å²) in [6, 6.07) is 9.10. The maximum Gasteiger partial charge on any atom is 0.244 e. The number of carbonyl (C=O) groups excluding carboxylic acids is 1. The summed E-state index contributed by atoms with van der Waals surface area (Å²) in [5, 5.41) is 2.90. The molecule has 120 valence electrons. The average molecular weight is 312 g/mol. The van der Waals surface area contributed by atoms with Crippen LogP contribution in [0.4, 0.5) is 0 Å². The maximum absolute atomic E-state index is 12.0. The summed E-state index contributed by atoms with van der Waals surface area (Å²) in [6.07, 6.45) is 6.65. The Balaban J connectivity index is 2.03. The Morgan fingerprint density at radius 3 is 2.48 bits per heavy atom. The third-order valence-electron chi connectivity index (χ3n) is 3.34. The van der Waals surface area contributed by atoms with E-state index in [1.807, 2.05) is 31.2 Å². The van der Waals surface area contributed by atoms with Crippen LogP contribution in [0, 0.1) is 0 Å². The van der Waals surface area contributed by atoms with Crippen LogP contribution in [-0.4, -0.2) is 25.1 Å². The molecule has 2 aromatic rings. The van der Waals surface area contributed by atoms with Gasteiger partial charge in [-0.2, -0.15) is 0 Å². The van der Waals surface area contributed by atoms with E-state index < -0.39 is 0 Å². The molecule has 1 unspecified atom stereocenters. The lowest BCUT2D eigenvalue weighted by atomic mass is 10.1. The van der Waals surface area contributed by atoms with Crippen LogP contribution in [0.1, 0.15) is 24.1 Å². The zero-order valence-electron chi connectivity index (χ0n) is 13.4. The van der Waals surface area contributed by atoms with Gasteiger partial charge in [0, 0.05) is 24.5 Å². The summed E-state index contributed by atoms with van der Waals surface area (Å²) < 4.78 is 10.4. The van der Waals surface area contributed by atoms with E-state index in [2.05, 4.69) is 10.3 Å². The van der Waals surface area contributed by atoms with E-state index in [1.165, 1.54) is 6.08 Å². The zero-order valence-corrected chi connectivity index (χ0v) is 13.4. The quantitative estimate of drug-likeness (QED) is 0.833. The van der Waals surface area contributed by atoms with Crippen LogP contribution in [0.2, 0.25) is 0 Å². The van der Waals surface area contributed by atoms with Crippen molar-refractivity contribution in [2.45, 2.75) is 13.0 Å². The van der Waals surface area contributed by atoms with E-state index in [1.54, 1.807) is 38.8 Å². The molecule has 1 aromatic heterocycles. The van der Waals surface area contributed by atoms with E-state index >= 15 is 0 Å². The summed E-state index contributed by atoms with van der Waals surface area (Å²) in [5.74, 6) is 1.17. The van der Waals surface area contributed by atoms with Crippen LogP contribution in [0.25, 0.3) is 6.08 Å². The van der Waals surface area contributed by atoms with Gasteiger partial charge in [0.05, 0.1) is 20.3 Å². The largest absolute Gasteiger partial charge is 0.497 e. The lowest BCUT2D eigenvalue weighted by molar-refractivity contribution is -0.117. The Morgan fingerprint density at radius 1 is 1.22 bits per heavy atom. The molecule has 0 radical (unpaired) electrons. The van der Waals surface area contributed by atoms with Crippen molar-refractivity contribution in [3.63, 3.8) is 0 Å². The van der Waals surface area contributed by atoms with Crippen molar-refractivity contribution in [3.8, 4) is 11.5 Å². The predicted octanol–water partition coefficient (Wildman–Crippen LogP) is 2.99. The van der Waals surface area contributed by atoms with Gasteiger partial charge in [-0.25, -0.2) is 0 Å². The van der Waals surface area contributed by atoms with Crippen molar-refractivity contribution in [2.75, 3.05) is 14.2 Å². The van der Waals surface area contributed by atoms with Gasteiger partial charge in [0.1, 0.15) is 11.5 Å². The molecule has 0 spiro atoms. The SMILES string of the molecule is COc1cc(/C=C/C(=O)NC(C)c2cccnc2)cc(OC)c1. The summed E-state index contributed by atoms with van der Waals surface area (Å²) in [4.78, 5) is 16.1. The van der Waals surface area contributed by atoms with E-state index in [-0.39, 0.29) is 11.9 Å². The molecule has 0 saturated heterocycles. The fourth-order valence-electron chi connectivity index (χ4n) is 2.07. The third kappa shape index (κ3) is 4.85. The normalized spacial score (nSPS) is 12.0. The second-order valence-corrected chi connectivity index (χ2v) is 5.00. The molecule has 1 amide bonds. The second-order valence-electron chi connectivity index (χ2n) is 5.00. The maximum atomic E-state index is 12.0. The Morgan fingerprint density at radius 2 is 1.91 bits per heavy atom. The van der Waals surface area contributed by atoms with Crippen molar-refractivity contribution in [1.29, 1.82) is 0 Å². The molecule has 0 aliphatic heterocycles. The Bertz CT molecular complexity index is 662. The molecule has 5 nitrogen and oxygen atoms in total. The summed E-state index contributed by atoms with van der Waals surface area (Å²) >= 11 is 0. The van der Waals surface area contributed by atoms with Gasteiger partial charge < -0.3 is 14.8 Å². The molecule has 0 bridgehead atoms. The molecule has 1 aromatic carbocycles. The minimum Gasteiger partial charge on any atom is -0.497 e. The molecular weight excluding hydrogens is 292 g/mol. The predicted molar refractivity (Wildman–Crippen MR) is 89.4 cm³/mol. The monoisotopic (exact) mass is 312 g/mol. The average Bonchev–Trinajstić information content (AvgIpc) is 2.60. The van der Waals surface area contributed by atoms with Crippen LogP contribution in [-0.2, 0) is 4.79 Å². The van der Waals surface area contributed by atoms with E-state index in [9.17, 15) is 4.79 Å². The molecular formula is C18H20N2O3. The number of methoxy groups -OCH3 is 2. The topological polar surface area (TPSA) is 60.5 Å². The van der Waals surface area contributed by atoms with Gasteiger partial charge in [-0.05, 0) is 42.3 Å².